The number of carboxylic acids is 1. The highest BCUT2D eigenvalue weighted by atomic mass is 35.5. The number of fused-ring (bicyclic) bond motifs is 1. The maximum atomic E-state index is 13.0. The third kappa shape index (κ3) is 5.29. The lowest BCUT2D eigenvalue weighted by atomic mass is 10.0. The van der Waals surface area contributed by atoms with Gasteiger partial charge in [0, 0.05) is 12.0 Å². The normalized spacial score (nSPS) is 14.3. The molecule has 7 heteroatoms. The zero-order valence-corrected chi connectivity index (χ0v) is 19.1. The molecule has 0 spiro atoms. The summed E-state index contributed by atoms with van der Waals surface area (Å²) in [5.74, 6) is 0.295. The number of amides is 1. The van der Waals surface area contributed by atoms with Gasteiger partial charge in [-0.05, 0) is 66.4 Å². The van der Waals surface area contributed by atoms with Crippen molar-refractivity contribution in [3.8, 4) is 11.5 Å². The van der Waals surface area contributed by atoms with Crippen molar-refractivity contribution in [2.75, 3.05) is 11.9 Å². The third-order valence-electron chi connectivity index (χ3n) is 5.52. The predicted octanol–water partition coefficient (Wildman–Crippen LogP) is 5.22. The number of carbonyl (C=O) groups excluding carboxylic acids is 1. The predicted molar refractivity (Wildman–Crippen MR) is 127 cm³/mol. The Bertz CT molecular complexity index is 1180. The van der Waals surface area contributed by atoms with Crippen molar-refractivity contribution in [2.24, 2.45) is 0 Å². The van der Waals surface area contributed by atoms with Crippen LogP contribution in [0.4, 0.5) is 5.69 Å². The number of anilines is 1. The van der Waals surface area contributed by atoms with Gasteiger partial charge in [-0.15, -0.1) is 0 Å². The minimum absolute atomic E-state index is 0.0498. The number of para-hydroxylation sites is 1. The molecule has 0 saturated carbocycles. The van der Waals surface area contributed by atoms with E-state index in [0.717, 1.165) is 23.3 Å². The Labute approximate surface area is 197 Å². The lowest BCUT2D eigenvalue weighted by Crippen LogP contribution is -2.22. The van der Waals surface area contributed by atoms with E-state index in [1.165, 1.54) is 5.56 Å². The van der Waals surface area contributed by atoms with Gasteiger partial charge in [-0.25, -0.2) is 0 Å². The van der Waals surface area contributed by atoms with Crippen molar-refractivity contribution in [1.82, 2.24) is 0 Å². The maximum Gasteiger partial charge on any atom is 0.307 e. The molecule has 0 aromatic heterocycles. The molecular formula is C26H24ClNO5. The molecule has 1 aliphatic rings. The molecule has 0 bridgehead atoms. The van der Waals surface area contributed by atoms with Gasteiger partial charge in [0.05, 0.1) is 17.1 Å². The molecule has 3 aromatic rings. The molecular weight excluding hydrogens is 442 g/mol. The van der Waals surface area contributed by atoms with Gasteiger partial charge in [0.2, 0.25) is 0 Å². The van der Waals surface area contributed by atoms with Crippen LogP contribution in [-0.2, 0) is 17.6 Å². The minimum Gasteiger partial charge on any atom is -0.490 e. The Morgan fingerprint density at radius 3 is 2.55 bits per heavy atom. The van der Waals surface area contributed by atoms with Crippen LogP contribution in [0, 0.1) is 13.8 Å². The summed E-state index contributed by atoms with van der Waals surface area (Å²) in [6, 6.07) is 16.4. The van der Waals surface area contributed by atoms with E-state index in [0.29, 0.717) is 34.2 Å². The van der Waals surface area contributed by atoms with Gasteiger partial charge in [-0.3, -0.25) is 9.59 Å². The monoisotopic (exact) mass is 465 g/mol. The van der Waals surface area contributed by atoms with Crippen molar-refractivity contribution >= 4 is 29.2 Å². The highest BCUT2D eigenvalue weighted by Gasteiger charge is 2.23. The number of carbonyl (C=O) groups is 2. The molecule has 1 amide bonds. The number of ether oxygens (including phenoxy) is 2. The van der Waals surface area contributed by atoms with Gasteiger partial charge in [-0.1, -0.05) is 35.9 Å². The maximum absolute atomic E-state index is 13.0. The lowest BCUT2D eigenvalue weighted by Gasteiger charge is -2.16. The number of nitrogens with one attached hydrogen (secondary N) is 1. The van der Waals surface area contributed by atoms with E-state index in [9.17, 15) is 9.59 Å². The van der Waals surface area contributed by atoms with Crippen LogP contribution in [-0.4, -0.2) is 29.7 Å². The summed E-state index contributed by atoms with van der Waals surface area (Å²) in [6.07, 6.45) is 0.599. The number of hydrogen-bond acceptors (Lipinski definition) is 4. The second-order valence-electron chi connectivity index (χ2n) is 8.13. The Hall–Kier alpha value is -3.51. The molecule has 1 atom stereocenters. The van der Waals surface area contributed by atoms with E-state index < -0.39 is 5.97 Å². The van der Waals surface area contributed by atoms with Gasteiger partial charge in [0.1, 0.15) is 24.2 Å². The van der Waals surface area contributed by atoms with Gasteiger partial charge in [-0.2, -0.15) is 0 Å². The number of hydrogen-bond donors (Lipinski definition) is 2. The largest absolute Gasteiger partial charge is 0.490 e. The van der Waals surface area contributed by atoms with Crippen LogP contribution >= 0.6 is 11.6 Å². The standard InChI is InChI=1S/C26H24ClNO5/c1-15-9-19(32-14-20-13-18-5-3-4-6-23(18)33-20)10-16(2)25(15)26(31)28-22-11-17(12-24(29)30)7-8-21(22)27/h3-11,20H,12-14H2,1-2H3,(H,28,31)(H,29,30)/t20-/m0/s1. The molecule has 1 aliphatic heterocycles. The number of benzene rings is 3. The Morgan fingerprint density at radius 1 is 1.12 bits per heavy atom. The molecule has 2 N–H and O–H groups in total. The lowest BCUT2D eigenvalue weighted by molar-refractivity contribution is -0.136. The van der Waals surface area contributed by atoms with E-state index in [1.807, 2.05) is 44.2 Å². The summed E-state index contributed by atoms with van der Waals surface area (Å²) in [4.78, 5) is 24.0. The average molecular weight is 466 g/mol. The Kier molecular flexibility index (Phi) is 6.56. The van der Waals surface area contributed by atoms with Crippen molar-refractivity contribution < 1.29 is 24.2 Å². The smallest absolute Gasteiger partial charge is 0.307 e. The van der Waals surface area contributed by atoms with Crippen LogP contribution < -0.4 is 14.8 Å². The van der Waals surface area contributed by atoms with Crippen molar-refractivity contribution in [2.45, 2.75) is 32.8 Å². The number of halogens is 1. The van der Waals surface area contributed by atoms with Crippen molar-refractivity contribution in [3.63, 3.8) is 0 Å². The highest BCUT2D eigenvalue weighted by Crippen LogP contribution is 2.30. The van der Waals surface area contributed by atoms with E-state index in [4.69, 9.17) is 26.2 Å². The molecule has 33 heavy (non-hydrogen) atoms. The van der Waals surface area contributed by atoms with Crippen LogP contribution in [0.5, 0.6) is 11.5 Å². The molecule has 0 saturated heterocycles. The van der Waals surface area contributed by atoms with Crippen LogP contribution in [0.2, 0.25) is 5.02 Å². The molecule has 170 valence electrons. The van der Waals surface area contributed by atoms with Gasteiger partial charge in [0.25, 0.3) is 5.91 Å². The molecule has 3 aromatic carbocycles. The van der Waals surface area contributed by atoms with Crippen LogP contribution in [0.15, 0.2) is 54.6 Å². The fraction of sp³-hybridized carbons (Fsp3) is 0.231. The van der Waals surface area contributed by atoms with E-state index in [2.05, 4.69) is 11.4 Å². The number of aliphatic carboxylic acids is 1. The quantitative estimate of drug-likeness (QED) is 0.499. The minimum atomic E-state index is -0.955. The number of carboxylic acid groups (broad SMARTS) is 1. The first-order chi connectivity index (χ1) is 15.8. The van der Waals surface area contributed by atoms with E-state index in [1.54, 1.807) is 18.2 Å². The second-order valence-corrected chi connectivity index (χ2v) is 8.54. The first-order valence-electron chi connectivity index (χ1n) is 10.6. The molecule has 0 unspecified atom stereocenters. The zero-order chi connectivity index (χ0) is 23.5. The summed E-state index contributed by atoms with van der Waals surface area (Å²) in [5, 5.41) is 12.1. The summed E-state index contributed by atoms with van der Waals surface area (Å²) in [5.41, 5.74) is 4.14. The zero-order valence-electron chi connectivity index (χ0n) is 18.4. The number of aryl methyl sites for hydroxylation is 2. The van der Waals surface area contributed by atoms with E-state index >= 15 is 0 Å². The Balaban J connectivity index is 1.44. The van der Waals surface area contributed by atoms with Gasteiger partial charge in [0.15, 0.2) is 0 Å². The first-order valence-corrected chi connectivity index (χ1v) is 11.0. The molecule has 1 heterocycles. The fourth-order valence-electron chi connectivity index (χ4n) is 4.04. The average Bonchev–Trinajstić information content (AvgIpc) is 3.17. The fourth-order valence-corrected chi connectivity index (χ4v) is 4.20. The Morgan fingerprint density at radius 2 is 1.85 bits per heavy atom. The van der Waals surface area contributed by atoms with Crippen molar-refractivity contribution in [3.05, 3.63) is 87.4 Å². The van der Waals surface area contributed by atoms with Crippen LogP contribution in [0.3, 0.4) is 0 Å². The SMILES string of the molecule is Cc1cc(OC[C@@H]2Cc3ccccc3O2)cc(C)c1C(=O)Nc1cc(CC(=O)O)ccc1Cl. The summed E-state index contributed by atoms with van der Waals surface area (Å²) < 4.78 is 11.9. The topological polar surface area (TPSA) is 84.9 Å². The van der Waals surface area contributed by atoms with E-state index in [-0.39, 0.29) is 18.4 Å². The summed E-state index contributed by atoms with van der Waals surface area (Å²) >= 11 is 6.21. The number of rotatable bonds is 7. The highest BCUT2D eigenvalue weighted by molar-refractivity contribution is 6.34. The second kappa shape index (κ2) is 9.55. The first kappa shape index (κ1) is 22.7. The van der Waals surface area contributed by atoms with Crippen LogP contribution in [0.25, 0.3) is 0 Å². The summed E-state index contributed by atoms with van der Waals surface area (Å²) in [7, 11) is 0. The van der Waals surface area contributed by atoms with Gasteiger partial charge < -0.3 is 19.9 Å². The molecule has 0 radical (unpaired) electrons. The third-order valence-corrected chi connectivity index (χ3v) is 5.85. The van der Waals surface area contributed by atoms with Crippen molar-refractivity contribution in [1.29, 1.82) is 0 Å². The molecule has 0 aliphatic carbocycles. The molecule has 6 nitrogen and oxygen atoms in total. The van der Waals surface area contributed by atoms with Crippen LogP contribution in [0.1, 0.15) is 32.6 Å². The molecule has 0 fully saturated rings. The van der Waals surface area contributed by atoms with Gasteiger partial charge >= 0.3 is 5.97 Å². The molecule has 4 rings (SSSR count). The summed E-state index contributed by atoms with van der Waals surface area (Å²) in [6.45, 7) is 4.10.